The Bertz CT molecular complexity index is 899. The first-order valence-corrected chi connectivity index (χ1v) is 10.9. The highest BCUT2D eigenvalue weighted by Crippen LogP contribution is 2.33. The molecule has 0 radical (unpaired) electrons. The lowest BCUT2D eigenvalue weighted by atomic mass is 9.88. The largest absolute Gasteiger partial charge is 0.463 e. The van der Waals surface area contributed by atoms with Crippen molar-refractivity contribution in [1.82, 2.24) is 0 Å². The fourth-order valence-corrected chi connectivity index (χ4v) is 3.75. The number of esters is 2. The number of hydrogen-bond acceptors (Lipinski definition) is 7. The van der Waals surface area contributed by atoms with Gasteiger partial charge in [-0.3, -0.25) is 9.59 Å². The molecule has 5 atom stereocenters. The molecule has 0 N–H and O–H groups in total. The zero-order chi connectivity index (χ0) is 23.6. The number of ether oxygens (including phenoxy) is 5. The minimum absolute atomic E-state index is 0.0533. The summed E-state index contributed by atoms with van der Waals surface area (Å²) in [5, 5.41) is 0. The molecule has 2 aromatic carbocycles. The second kappa shape index (κ2) is 12.3. The molecule has 176 valence electrons. The zero-order valence-corrected chi connectivity index (χ0v) is 18.9. The summed E-state index contributed by atoms with van der Waals surface area (Å²) in [6, 6.07) is 19.4. The summed E-state index contributed by atoms with van der Waals surface area (Å²) < 4.78 is 29.1. The third-order valence-corrected chi connectivity index (χ3v) is 5.28. The summed E-state index contributed by atoms with van der Waals surface area (Å²) in [4.78, 5) is 23.2. The first-order valence-electron chi connectivity index (χ1n) is 10.9. The van der Waals surface area contributed by atoms with Gasteiger partial charge in [0, 0.05) is 19.8 Å². The highest BCUT2D eigenvalue weighted by molar-refractivity contribution is 5.66. The number of rotatable bonds is 10. The van der Waals surface area contributed by atoms with Gasteiger partial charge in [0.1, 0.15) is 18.8 Å². The molecule has 0 spiro atoms. The molecule has 2 aromatic rings. The maximum absolute atomic E-state index is 11.8. The second-order valence-corrected chi connectivity index (χ2v) is 7.79. The van der Waals surface area contributed by atoms with Crippen molar-refractivity contribution in [3.8, 4) is 0 Å². The summed E-state index contributed by atoms with van der Waals surface area (Å²) in [6.07, 6.45) is -1.19. The number of benzene rings is 2. The van der Waals surface area contributed by atoms with Gasteiger partial charge in [0.05, 0.1) is 19.3 Å². The number of carbonyl (C=O) groups is 2. The molecule has 0 aliphatic carbocycles. The van der Waals surface area contributed by atoms with Crippen LogP contribution in [0.1, 0.15) is 25.0 Å². The maximum atomic E-state index is 11.8. The highest BCUT2D eigenvalue weighted by Gasteiger charge is 2.48. The van der Waals surface area contributed by atoms with E-state index in [1.54, 1.807) is 6.08 Å². The molecule has 0 saturated carbocycles. The first kappa shape index (κ1) is 24.6. The smallest absolute Gasteiger partial charge is 0.305 e. The highest BCUT2D eigenvalue weighted by atomic mass is 16.7. The van der Waals surface area contributed by atoms with Gasteiger partial charge in [0.25, 0.3) is 0 Å². The van der Waals surface area contributed by atoms with Gasteiger partial charge in [-0.05, 0) is 11.1 Å². The lowest BCUT2D eigenvalue weighted by molar-refractivity contribution is -0.293. The fraction of sp³-hybridized carbons (Fsp3) is 0.385. The quantitative estimate of drug-likeness (QED) is 0.399. The van der Waals surface area contributed by atoms with Crippen molar-refractivity contribution in [3.05, 3.63) is 84.4 Å². The lowest BCUT2D eigenvalue weighted by Gasteiger charge is -2.44. The minimum atomic E-state index is -1.01. The molecule has 1 aliphatic heterocycles. The predicted molar refractivity (Wildman–Crippen MR) is 121 cm³/mol. The van der Waals surface area contributed by atoms with E-state index < -0.39 is 42.5 Å². The maximum Gasteiger partial charge on any atom is 0.305 e. The van der Waals surface area contributed by atoms with Gasteiger partial charge in [-0.2, -0.15) is 0 Å². The molecule has 3 rings (SSSR count). The monoisotopic (exact) mass is 454 g/mol. The molecule has 33 heavy (non-hydrogen) atoms. The molecule has 0 bridgehead atoms. The molecule has 1 saturated heterocycles. The lowest BCUT2D eigenvalue weighted by Crippen LogP contribution is -2.57. The van der Waals surface area contributed by atoms with Gasteiger partial charge in [0.2, 0.25) is 6.29 Å². The average molecular weight is 455 g/mol. The normalized spacial score (nSPS) is 24.6. The van der Waals surface area contributed by atoms with Crippen LogP contribution >= 0.6 is 0 Å². The van der Waals surface area contributed by atoms with Gasteiger partial charge in [-0.25, -0.2) is 0 Å². The van der Waals surface area contributed by atoms with Crippen molar-refractivity contribution in [2.24, 2.45) is 5.92 Å². The van der Waals surface area contributed by atoms with Crippen LogP contribution in [0.2, 0.25) is 0 Å². The Morgan fingerprint density at radius 3 is 1.91 bits per heavy atom. The number of hydrogen-bond donors (Lipinski definition) is 0. The summed E-state index contributed by atoms with van der Waals surface area (Å²) >= 11 is 0. The van der Waals surface area contributed by atoms with Crippen molar-refractivity contribution in [2.75, 3.05) is 6.61 Å². The summed E-state index contributed by atoms with van der Waals surface area (Å²) in [5.74, 6) is -1.34. The molecule has 7 nitrogen and oxygen atoms in total. The van der Waals surface area contributed by atoms with Crippen LogP contribution in [0, 0.1) is 5.92 Å². The third-order valence-electron chi connectivity index (χ3n) is 5.28. The van der Waals surface area contributed by atoms with Crippen molar-refractivity contribution >= 4 is 11.9 Å². The van der Waals surface area contributed by atoms with E-state index in [1.807, 2.05) is 60.7 Å². The van der Waals surface area contributed by atoms with Crippen LogP contribution in [0.15, 0.2) is 73.3 Å². The van der Waals surface area contributed by atoms with E-state index >= 15 is 0 Å². The van der Waals surface area contributed by atoms with Crippen LogP contribution < -0.4 is 0 Å². The minimum Gasteiger partial charge on any atom is -0.463 e. The molecule has 1 aliphatic rings. The van der Waals surface area contributed by atoms with Crippen LogP contribution in [-0.2, 0) is 46.5 Å². The summed E-state index contributed by atoms with van der Waals surface area (Å²) in [6.45, 7) is 7.16. The first-order chi connectivity index (χ1) is 16.0. The Hall–Kier alpha value is -3.00. The van der Waals surface area contributed by atoms with E-state index in [0.29, 0.717) is 6.61 Å². The van der Waals surface area contributed by atoms with E-state index in [-0.39, 0.29) is 13.2 Å². The SMILES string of the molecule is C=CC1C(OCc2ccccc2)C(COC(C)=O)OC(OC(C)=O)C1OCc1ccccc1. The van der Waals surface area contributed by atoms with Crippen molar-refractivity contribution in [2.45, 2.75) is 51.7 Å². The third kappa shape index (κ3) is 7.25. The molecule has 0 aromatic heterocycles. The standard InChI is InChI=1S/C26H30O7/c1-4-22-24(30-15-20-11-7-5-8-12-20)23(17-29-18(2)27)33-26(32-19(3)28)25(22)31-16-21-13-9-6-10-14-21/h4-14,22-26H,1,15-17H2,2-3H3. The van der Waals surface area contributed by atoms with E-state index in [2.05, 4.69) is 6.58 Å². The molecule has 1 fully saturated rings. The van der Waals surface area contributed by atoms with Gasteiger partial charge in [-0.15, -0.1) is 6.58 Å². The zero-order valence-electron chi connectivity index (χ0n) is 18.9. The molecule has 7 heteroatoms. The molecular weight excluding hydrogens is 424 g/mol. The van der Waals surface area contributed by atoms with E-state index in [9.17, 15) is 9.59 Å². The van der Waals surface area contributed by atoms with Crippen molar-refractivity contribution in [1.29, 1.82) is 0 Å². The summed E-state index contributed by atoms with van der Waals surface area (Å²) in [5.41, 5.74) is 1.95. The topological polar surface area (TPSA) is 80.3 Å². The summed E-state index contributed by atoms with van der Waals surface area (Å²) in [7, 11) is 0. The van der Waals surface area contributed by atoms with Crippen LogP contribution in [0.3, 0.4) is 0 Å². The van der Waals surface area contributed by atoms with Crippen LogP contribution in [0.4, 0.5) is 0 Å². The molecule has 0 amide bonds. The fourth-order valence-electron chi connectivity index (χ4n) is 3.75. The molecular formula is C26H30O7. The Morgan fingerprint density at radius 2 is 1.42 bits per heavy atom. The van der Waals surface area contributed by atoms with Crippen LogP contribution in [0.5, 0.6) is 0 Å². The Balaban J connectivity index is 1.83. The van der Waals surface area contributed by atoms with E-state index in [4.69, 9.17) is 23.7 Å². The van der Waals surface area contributed by atoms with Gasteiger partial charge >= 0.3 is 11.9 Å². The number of carbonyl (C=O) groups excluding carboxylic acids is 2. The van der Waals surface area contributed by atoms with Gasteiger partial charge in [0.15, 0.2) is 0 Å². The predicted octanol–water partition coefficient (Wildman–Crippen LogP) is 3.81. The Morgan fingerprint density at radius 1 is 0.879 bits per heavy atom. The van der Waals surface area contributed by atoms with Crippen molar-refractivity contribution in [3.63, 3.8) is 0 Å². The van der Waals surface area contributed by atoms with Crippen LogP contribution in [0.25, 0.3) is 0 Å². The second-order valence-electron chi connectivity index (χ2n) is 7.79. The Labute approximate surface area is 194 Å². The van der Waals surface area contributed by atoms with Gasteiger partial charge < -0.3 is 23.7 Å². The van der Waals surface area contributed by atoms with Gasteiger partial charge in [-0.1, -0.05) is 66.7 Å². The van der Waals surface area contributed by atoms with Crippen molar-refractivity contribution < 1.29 is 33.3 Å². The Kier molecular flexibility index (Phi) is 9.18. The average Bonchev–Trinajstić information content (AvgIpc) is 2.81. The van der Waals surface area contributed by atoms with E-state index in [0.717, 1.165) is 11.1 Å². The van der Waals surface area contributed by atoms with E-state index in [1.165, 1.54) is 13.8 Å². The molecule has 1 heterocycles. The molecule has 5 unspecified atom stereocenters. The van der Waals surface area contributed by atoms with Crippen LogP contribution in [-0.4, -0.2) is 43.1 Å².